The molecular formula is C22H30N2O2. The van der Waals surface area contributed by atoms with E-state index in [1.165, 1.54) is 0 Å². The molecule has 0 aliphatic heterocycles. The molecule has 0 radical (unpaired) electrons. The molecule has 2 aromatic carbocycles. The van der Waals surface area contributed by atoms with Crippen molar-refractivity contribution in [2.75, 3.05) is 6.61 Å². The van der Waals surface area contributed by atoms with Crippen LogP contribution in [0, 0.1) is 5.92 Å². The van der Waals surface area contributed by atoms with Crippen molar-refractivity contribution in [3.05, 3.63) is 65.7 Å². The second kappa shape index (κ2) is 10.6. The van der Waals surface area contributed by atoms with Crippen molar-refractivity contribution >= 4 is 5.91 Å². The highest BCUT2D eigenvalue weighted by atomic mass is 16.5. The van der Waals surface area contributed by atoms with Gasteiger partial charge in [0.15, 0.2) is 0 Å². The smallest absolute Gasteiger partial charge is 0.234 e. The summed E-state index contributed by atoms with van der Waals surface area (Å²) in [6, 6.07) is 17.5. The summed E-state index contributed by atoms with van der Waals surface area (Å²) in [5.41, 5.74) is 7.73. The summed E-state index contributed by atoms with van der Waals surface area (Å²) in [5.74, 6) is 1.15. The van der Waals surface area contributed by atoms with E-state index in [2.05, 4.69) is 19.2 Å². The summed E-state index contributed by atoms with van der Waals surface area (Å²) in [6.07, 6.45) is 2.86. The monoisotopic (exact) mass is 354 g/mol. The number of primary amides is 1. The van der Waals surface area contributed by atoms with Crippen LogP contribution in [0.5, 0.6) is 5.75 Å². The maximum atomic E-state index is 11.7. The number of nitrogens with two attached hydrogens (primary N) is 1. The zero-order valence-electron chi connectivity index (χ0n) is 15.8. The molecule has 0 spiro atoms. The highest BCUT2D eigenvalue weighted by Crippen LogP contribution is 2.16. The van der Waals surface area contributed by atoms with Gasteiger partial charge in [-0.25, -0.2) is 0 Å². The molecule has 3 N–H and O–H groups in total. The fourth-order valence-electron chi connectivity index (χ4n) is 2.81. The van der Waals surface area contributed by atoms with Crippen LogP contribution in [0.2, 0.25) is 0 Å². The van der Waals surface area contributed by atoms with Crippen molar-refractivity contribution in [2.24, 2.45) is 11.7 Å². The second-order valence-corrected chi connectivity index (χ2v) is 6.66. The summed E-state index contributed by atoms with van der Waals surface area (Å²) in [4.78, 5) is 11.7. The van der Waals surface area contributed by atoms with Gasteiger partial charge in [-0.05, 0) is 35.6 Å². The molecule has 0 fully saturated rings. The molecule has 4 heteroatoms. The van der Waals surface area contributed by atoms with Crippen LogP contribution < -0.4 is 15.8 Å². The Morgan fingerprint density at radius 3 is 2.23 bits per heavy atom. The Morgan fingerprint density at radius 1 is 1.00 bits per heavy atom. The Bertz CT molecular complexity index is 652. The topological polar surface area (TPSA) is 64.3 Å². The average Bonchev–Trinajstić information content (AvgIpc) is 2.67. The molecule has 140 valence electrons. The average molecular weight is 354 g/mol. The van der Waals surface area contributed by atoms with Gasteiger partial charge in [0.2, 0.25) is 5.91 Å². The molecule has 0 saturated carbocycles. The minimum atomic E-state index is -0.386. The van der Waals surface area contributed by atoms with Gasteiger partial charge in [0.1, 0.15) is 5.75 Å². The molecule has 1 unspecified atom stereocenters. The van der Waals surface area contributed by atoms with Crippen LogP contribution in [0.1, 0.15) is 37.8 Å². The fraction of sp³-hybridized carbons (Fsp3) is 0.409. The third kappa shape index (κ3) is 6.52. The number of ether oxygens (including phenoxy) is 1. The predicted octanol–water partition coefficient (Wildman–Crippen LogP) is 3.69. The normalized spacial score (nSPS) is 12.1. The molecule has 2 rings (SSSR count). The van der Waals surface area contributed by atoms with E-state index in [-0.39, 0.29) is 11.9 Å². The number of nitrogens with one attached hydrogen (secondary N) is 1. The van der Waals surface area contributed by atoms with Gasteiger partial charge in [0, 0.05) is 6.54 Å². The van der Waals surface area contributed by atoms with Crippen molar-refractivity contribution in [1.29, 1.82) is 0 Å². The molecular weight excluding hydrogens is 324 g/mol. The zero-order valence-corrected chi connectivity index (χ0v) is 15.8. The van der Waals surface area contributed by atoms with Gasteiger partial charge < -0.3 is 15.8 Å². The van der Waals surface area contributed by atoms with Crippen LogP contribution in [0.15, 0.2) is 54.6 Å². The Kier molecular flexibility index (Phi) is 8.16. The van der Waals surface area contributed by atoms with Gasteiger partial charge in [0.25, 0.3) is 0 Å². The lowest BCUT2D eigenvalue weighted by atomic mass is 10.0. The SMILES string of the molecule is CCC(CC)COc1ccc(CNC(Cc2ccccc2)C(N)=O)cc1. The Hall–Kier alpha value is -2.33. The fourth-order valence-corrected chi connectivity index (χ4v) is 2.81. The largest absolute Gasteiger partial charge is 0.493 e. The summed E-state index contributed by atoms with van der Waals surface area (Å²) in [6.45, 7) is 5.73. The molecule has 0 aliphatic carbocycles. The van der Waals surface area contributed by atoms with Gasteiger partial charge in [-0.2, -0.15) is 0 Å². The van der Waals surface area contributed by atoms with Gasteiger partial charge >= 0.3 is 0 Å². The van der Waals surface area contributed by atoms with E-state index in [9.17, 15) is 4.79 Å². The van der Waals surface area contributed by atoms with Gasteiger partial charge in [-0.15, -0.1) is 0 Å². The molecule has 0 aromatic heterocycles. The van der Waals surface area contributed by atoms with Crippen LogP contribution in [0.25, 0.3) is 0 Å². The van der Waals surface area contributed by atoms with Crippen molar-refractivity contribution < 1.29 is 9.53 Å². The lowest BCUT2D eigenvalue weighted by Crippen LogP contribution is -2.42. The lowest BCUT2D eigenvalue weighted by molar-refractivity contribution is -0.120. The first-order valence-electron chi connectivity index (χ1n) is 9.40. The number of amides is 1. The van der Waals surface area contributed by atoms with Crippen LogP contribution >= 0.6 is 0 Å². The van der Waals surface area contributed by atoms with E-state index in [1.807, 2.05) is 54.6 Å². The molecule has 0 saturated heterocycles. The predicted molar refractivity (Wildman–Crippen MR) is 106 cm³/mol. The Morgan fingerprint density at radius 2 is 1.65 bits per heavy atom. The van der Waals surface area contributed by atoms with Crippen molar-refractivity contribution in [1.82, 2.24) is 5.32 Å². The van der Waals surface area contributed by atoms with E-state index in [1.54, 1.807) is 0 Å². The van der Waals surface area contributed by atoms with E-state index in [4.69, 9.17) is 10.5 Å². The van der Waals surface area contributed by atoms with Crippen LogP contribution in [-0.2, 0) is 17.8 Å². The highest BCUT2D eigenvalue weighted by Gasteiger charge is 2.15. The van der Waals surface area contributed by atoms with Gasteiger partial charge in [-0.3, -0.25) is 4.79 Å². The molecule has 2 aromatic rings. The van der Waals surface area contributed by atoms with Crippen LogP contribution in [-0.4, -0.2) is 18.6 Å². The van der Waals surface area contributed by atoms with Gasteiger partial charge in [0.05, 0.1) is 12.6 Å². The summed E-state index contributed by atoms with van der Waals surface area (Å²) >= 11 is 0. The number of carbonyl (C=O) groups is 1. The van der Waals surface area contributed by atoms with Gasteiger partial charge in [-0.1, -0.05) is 69.2 Å². The van der Waals surface area contributed by atoms with E-state index in [0.717, 1.165) is 36.3 Å². The van der Waals surface area contributed by atoms with Crippen LogP contribution in [0.4, 0.5) is 0 Å². The molecule has 26 heavy (non-hydrogen) atoms. The quantitative estimate of drug-likeness (QED) is 0.647. The summed E-state index contributed by atoms with van der Waals surface area (Å²) in [7, 11) is 0. The Labute approximate surface area is 156 Å². The van der Waals surface area contributed by atoms with Crippen LogP contribution in [0.3, 0.4) is 0 Å². The first kappa shape index (κ1) is 20.0. The number of benzene rings is 2. The second-order valence-electron chi connectivity index (χ2n) is 6.66. The minimum Gasteiger partial charge on any atom is -0.493 e. The summed E-state index contributed by atoms with van der Waals surface area (Å²) < 4.78 is 5.85. The highest BCUT2D eigenvalue weighted by molar-refractivity contribution is 5.80. The third-order valence-electron chi connectivity index (χ3n) is 4.74. The Balaban J connectivity index is 1.86. The molecule has 0 aliphatic rings. The summed E-state index contributed by atoms with van der Waals surface area (Å²) in [5, 5.41) is 3.26. The third-order valence-corrected chi connectivity index (χ3v) is 4.74. The molecule has 0 bridgehead atoms. The van der Waals surface area contributed by atoms with E-state index in [0.29, 0.717) is 18.9 Å². The van der Waals surface area contributed by atoms with E-state index >= 15 is 0 Å². The standard InChI is InChI=1S/C22H30N2O2/c1-3-17(4-2)16-26-20-12-10-19(11-13-20)15-24-21(22(23)25)14-18-8-6-5-7-9-18/h5-13,17,21,24H,3-4,14-16H2,1-2H3,(H2,23,25). The maximum absolute atomic E-state index is 11.7. The molecule has 0 heterocycles. The van der Waals surface area contributed by atoms with Crippen molar-refractivity contribution in [3.8, 4) is 5.75 Å². The molecule has 4 nitrogen and oxygen atoms in total. The first-order valence-corrected chi connectivity index (χ1v) is 9.40. The van der Waals surface area contributed by atoms with Crippen molar-refractivity contribution in [3.63, 3.8) is 0 Å². The zero-order chi connectivity index (χ0) is 18.8. The number of carbonyl (C=O) groups excluding carboxylic acids is 1. The lowest BCUT2D eigenvalue weighted by Gasteiger charge is -2.16. The number of hydrogen-bond donors (Lipinski definition) is 2. The maximum Gasteiger partial charge on any atom is 0.234 e. The number of rotatable bonds is 11. The minimum absolute atomic E-state index is 0.334. The molecule has 1 atom stereocenters. The first-order chi connectivity index (χ1) is 12.6. The van der Waals surface area contributed by atoms with E-state index < -0.39 is 0 Å². The number of hydrogen-bond acceptors (Lipinski definition) is 3. The molecule has 1 amide bonds. The van der Waals surface area contributed by atoms with Crippen molar-refractivity contribution in [2.45, 2.75) is 45.7 Å².